The van der Waals surface area contributed by atoms with Crippen LogP contribution in [0.2, 0.25) is 0 Å². The van der Waals surface area contributed by atoms with Gasteiger partial charge in [0.2, 0.25) is 0 Å². The molecule has 16 heavy (non-hydrogen) atoms. The molecule has 1 rings (SSSR count). The summed E-state index contributed by atoms with van der Waals surface area (Å²) in [7, 11) is 0. The Hall–Kier alpha value is -2.32. The fourth-order valence-corrected chi connectivity index (χ4v) is 1.12. The molecule has 0 fully saturated rings. The number of anilines is 2. The minimum Gasteiger partial charge on any atom is -0.545 e. The van der Waals surface area contributed by atoms with E-state index in [1.807, 2.05) is 0 Å². The molecule has 1 aromatic carbocycles. The number of carboxylic acids is 2. The smallest absolute Gasteiger partial charge is 0.337 e. The highest BCUT2D eigenvalue weighted by atomic mass is 16.8. The maximum atomic E-state index is 10.6. The predicted molar refractivity (Wildman–Crippen MR) is 48.2 cm³/mol. The maximum Gasteiger partial charge on any atom is 0.337 e. The molecule has 0 aliphatic rings. The molecule has 0 unspecified atom stereocenters. The first-order valence-electron chi connectivity index (χ1n) is 3.90. The van der Waals surface area contributed by atoms with Crippen molar-refractivity contribution < 1.29 is 30.2 Å². The summed E-state index contributed by atoms with van der Waals surface area (Å²) >= 11 is 0. The van der Waals surface area contributed by atoms with Crippen LogP contribution in [0.15, 0.2) is 12.1 Å². The van der Waals surface area contributed by atoms with Gasteiger partial charge in [-0.05, 0) is 12.1 Å². The topological polar surface area (TPSA) is 147 Å². The molecule has 0 atom stereocenters. The number of hydrogen-bond donors (Lipinski definition) is 4. The van der Waals surface area contributed by atoms with Crippen LogP contribution < -0.4 is 16.1 Å². The molecule has 0 saturated carbocycles. The van der Waals surface area contributed by atoms with E-state index in [9.17, 15) is 14.7 Å². The van der Waals surface area contributed by atoms with Gasteiger partial charge >= 0.3 is 5.97 Å². The molecule has 0 amide bonds. The summed E-state index contributed by atoms with van der Waals surface area (Å²) in [5.74, 6) is -3.19. The quantitative estimate of drug-likeness (QED) is 0.376. The second kappa shape index (κ2) is 4.04. The first kappa shape index (κ1) is 11.8. The molecule has 0 aliphatic carbocycles. The first-order valence-corrected chi connectivity index (χ1v) is 3.90. The fraction of sp³-hybridized carbons (Fsp3) is 0. The molecule has 0 bridgehead atoms. The number of carbonyl (C=O) groups is 2. The van der Waals surface area contributed by atoms with Gasteiger partial charge in [-0.25, -0.2) is 4.79 Å². The number of nitrogen functional groups attached to an aromatic ring is 1. The Balaban J connectivity index is 3.49. The van der Waals surface area contributed by atoms with Crippen molar-refractivity contribution in [2.45, 2.75) is 0 Å². The van der Waals surface area contributed by atoms with Crippen LogP contribution in [0.5, 0.6) is 0 Å². The number of hydrogen-bond acceptors (Lipinski definition) is 7. The van der Waals surface area contributed by atoms with E-state index in [-0.39, 0.29) is 5.69 Å². The second-order valence-electron chi connectivity index (χ2n) is 2.84. The number of carbonyl (C=O) groups excluding carboxylic acids is 1. The molecule has 0 saturated heterocycles. The van der Waals surface area contributed by atoms with Crippen molar-refractivity contribution in [3.63, 3.8) is 0 Å². The monoisotopic (exact) mass is 227 g/mol. The lowest BCUT2D eigenvalue weighted by Gasteiger charge is -2.16. The van der Waals surface area contributed by atoms with Crippen LogP contribution in [0.25, 0.3) is 0 Å². The molecule has 86 valence electrons. The second-order valence-corrected chi connectivity index (χ2v) is 2.84. The van der Waals surface area contributed by atoms with E-state index in [1.54, 1.807) is 0 Å². The molecule has 1 aromatic rings. The molecule has 0 aliphatic heterocycles. The van der Waals surface area contributed by atoms with Gasteiger partial charge in [0.25, 0.3) is 0 Å². The van der Waals surface area contributed by atoms with Crippen LogP contribution in [0.1, 0.15) is 20.7 Å². The third-order valence-corrected chi connectivity index (χ3v) is 1.83. The highest BCUT2D eigenvalue weighted by molar-refractivity contribution is 6.01. The van der Waals surface area contributed by atoms with Crippen molar-refractivity contribution in [3.8, 4) is 0 Å². The van der Waals surface area contributed by atoms with Gasteiger partial charge in [0.1, 0.15) is 5.69 Å². The molecule has 8 heteroatoms. The molecule has 0 spiro atoms. The van der Waals surface area contributed by atoms with E-state index in [1.165, 1.54) is 0 Å². The summed E-state index contributed by atoms with van der Waals surface area (Å²) in [5.41, 5.74) is 3.23. The van der Waals surface area contributed by atoms with Crippen LogP contribution in [-0.2, 0) is 0 Å². The molecule has 5 N–H and O–H groups in total. The summed E-state index contributed by atoms with van der Waals surface area (Å²) in [6.07, 6.45) is 0. The zero-order chi connectivity index (χ0) is 12.5. The lowest BCUT2D eigenvalue weighted by atomic mass is 10.1. The molecule has 0 heterocycles. The highest BCUT2D eigenvalue weighted by Gasteiger charge is 2.16. The average molecular weight is 227 g/mol. The lowest BCUT2D eigenvalue weighted by Crippen LogP contribution is -2.26. The third-order valence-electron chi connectivity index (χ3n) is 1.83. The van der Waals surface area contributed by atoms with Crippen molar-refractivity contribution in [1.29, 1.82) is 0 Å². The standard InChI is InChI=1S/C8H8N2O6/c9-5-2-6(10(15)16)4(8(13)14)1-3(5)7(11)12/h1-2,15-16H,9H2,(H,11,12)(H,13,14)/p-1. The van der Waals surface area contributed by atoms with Crippen LogP contribution >= 0.6 is 0 Å². The Morgan fingerprint density at radius 1 is 1.25 bits per heavy atom. The van der Waals surface area contributed by atoms with Gasteiger partial charge in [0.15, 0.2) is 0 Å². The highest BCUT2D eigenvalue weighted by Crippen LogP contribution is 2.25. The van der Waals surface area contributed by atoms with Crippen LogP contribution in [0.3, 0.4) is 0 Å². The number of benzene rings is 1. The van der Waals surface area contributed by atoms with Crippen LogP contribution in [0.4, 0.5) is 11.4 Å². The minimum atomic E-state index is -1.76. The Kier molecular flexibility index (Phi) is 2.97. The van der Waals surface area contributed by atoms with Gasteiger partial charge < -0.3 is 20.7 Å². The zero-order valence-corrected chi connectivity index (χ0v) is 7.75. The Labute approximate surface area is 88.7 Å². The van der Waals surface area contributed by atoms with Gasteiger partial charge in [0.05, 0.1) is 11.5 Å². The van der Waals surface area contributed by atoms with Gasteiger partial charge in [-0.2, -0.15) is 0 Å². The number of nitrogens with two attached hydrogens (primary N) is 1. The number of aromatic carboxylic acids is 2. The Morgan fingerprint density at radius 2 is 1.81 bits per heavy atom. The van der Waals surface area contributed by atoms with E-state index in [0.29, 0.717) is 6.07 Å². The molecule has 0 radical (unpaired) electrons. The Bertz CT molecular complexity index is 456. The van der Waals surface area contributed by atoms with Crippen molar-refractivity contribution in [2.75, 3.05) is 11.0 Å². The summed E-state index contributed by atoms with van der Waals surface area (Å²) in [6, 6.07) is 1.48. The van der Waals surface area contributed by atoms with Gasteiger partial charge in [-0.15, -0.1) is 5.23 Å². The molecular weight excluding hydrogens is 220 g/mol. The Morgan fingerprint density at radius 3 is 2.19 bits per heavy atom. The predicted octanol–water partition coefficient (Wildman–Crippen LogP) is -1.08. The zero-order valence-electron chi connectivity index (χ0n) is 7.75. The van der Waals surface area contributed by atoms with Crippen molar-refractivity contribution in [2.24, 2.45) is 0 Å². The molecule has 8 nitrogen and oxygen atoms in total. The average Bonchev–Trinajstić information content (AvgIpc) is 2.15. The fourth-order valence-electron chi connectivity index (χ4n) is 1.12. The van der Waals surface area contributed by atoms with Crippen molar-refractivity contribution in [1.82, 2.24) is 0 Å². The van der Waals surface area contributed by atoms with E-state index in [2.05, 4.69) is 0 Å². The summed E-state index contributed by atoms with van der Waals surface area (Å²) in [4.78, 5) is 21.3. The maximum absolute atomic E-state index is 10.6. The normalized spacial score (nSPS) is 9.88. The summed E-state index contributed by atoms with van der Waals surface area (Å²) < 4.78 is 0. The van der Waals surface area contributed by atoms with E-state index < -0.39 is 34.0 Å². The van der Waals surface area contributed by atoms with Gasteiger partial charge in [0, 0.05) is 11.3 Å². The minimum absolute atomic E-state index is 0.305. The SMILES string of the molecule is Nc1cc(N(O)O)c(C(=O)[O-])cc1C(=O)O. The van der Waals surface area contributed by atoms with E-state index in [4.69, 9.17) is 21.3 Å². The largest absolute Gasteiger partial charge is 0.545 e. The van der Waals surface area contributed by atoms with Crippen molar-refractivity contribution >= 4 is 23.3 Å². The lowest BCUT2D eigenvalue weighted by molar-refractivity contribution is -0.255. The van der Waals surface area contributed by atoms with Gasteiger partial charge in [-0.1, -0.05) is 0 Å². The van der Waals surface area contributed by atoms with Crippen LogP contribution in [0, 0.1) is 0 Å². The summed E-state index contributed by atoms with van der Waals surface area (Å²) in [6.45, 7) is 0. The first-order chi connectivity index (χ1) is 7.34. The van der Waals surface area contributed by atoms with Crippen molar-refractivity contribution in [3.05, 3.63) is 23.3 Å². The molecular formula is C8H7N2O6-. The van der Waals surface area contributed by atoms with Crippen LogP contribution in [-0.4, -0.2) is 27.5 Å². The summed E-state index contributed by atoms with van der Waals surface area (Å²) in [5, 5.41) is 36.2. The number of carboxylic acid groups (broad SMARTS) is 2. The number of nitrogens with zero attached hydrogens (tertiary/aromatic N) is 1. The number of rotatable bonds is 3. The van der Waals surface area contributed by atoms with E-state index >= 15 is 0 Å². The van der Waals surface area contributed by atoms with Gasteiger partial charge in [-0.3, -0.25) is 10.4 Å². The molecule has 0 aromatic heterocycles. The van der Waals surface area contributed by atoms with E-state index in [0.717, 1.165) is 6.07 Å². The third kappa shape index (κ3) is 2.02.